The van der Waals surface area contributed by atoms with E-state index < -0.39 is 0 Å². The quantitative estimate of drug-likeness (QED) is 0.840. The zero-order valence-corrected chi connectivity index (χ0v) is 13.6. The van der Waals surface area contributed by atoms with Gasteiger partial charge >= 0.3 is 0 Å². The molecule has 0 spiro atoms. The molecule has 0 saturated heterocycles. The molecule has 2 aromatic carbocycles. The molecule has 2 aromatic rings. The molecule has 1 N–H and O–H groups in total. The number of rotatable bonds is 5. The van der Waals surface area contributed by atoms with Crippen molar-refractivity contribution in [3.63, 3.8) is 0 Å². The molecule has 0 aliphatic rings. The van der Waals surface area contributed by atoms with E-state index in [9.17, 15) is 0 Å². The van der Waals surface area contributed by atoms with Gasteiger partial charge < -0.3 is 14.8 Å². The molecular formula is C15H15BrClNO2. The van der Waals surface area contributed by atoms with E-state index >= 15 is 0 Å². The van der Waals surface area contributed by atoms with Crippen molar-refractivity contribution in [2.45, 2.75) is 6.54 Å². The predicted octanol–water partition coefficient (Wildman–Crippen LogP) is 4.73. The summed E-state index contributed by atoms with van der Waals surface area (Å²) in [5.41, 5.74) is 2.05. The molecular weight excluding hydrogens is 342 g/mol. The van der Waals surface area contributed by atoms with E-state index in [4.69, 9.17) is 21.1 Å². The van der Waals surface area contributed by atoms with Crippen LogP contribution in [0.15, 0.2) is 40.9 Å². The third-order valence-corrected chi connectivity index (χ3v) is 3.72. The molecule has 5 heteroatoms. The molecule has 0 unspecified atom stereocenters. The molecule has 0 heterocycles. The average Bonchev–Trinajstić information content (AvgIpc) is 2.46. The van der Waals surface area contributed by atoms with Gasteiger partial charge in [-0.15, -0.1) is 0 Å². The maximum Gasteiger partial charge on any atom is 0.122 e. The lowest BCUT2D eigenvalue weighted by Gasteiger charge is -2.11. The summed E-state index contributed by atoms with van der Waals surface area (Å²) in [6, 6.07) is 11.4. The molecule has 0 atom stereocenters. The van der Waals surface area contributed by atoms with Crippen molar-refractivity contribution in [1.29, 1.82) is 0 Å². The highest BCUT2D eigenvalue weighted by Crippen LogP contribution is 2.27. The maximum absolute atomic E-state index is 5.92. The summed E-state index contributed by atoms with van der Waals surface area (Å²) in [5, 5.41) is 4.04. The van der Waals surface area contributed by atoms with Crippen molar-refractivity contribution in [3.05, 3.63) is 51.5 Å². The molecule has 0 aliphatic carbocycles. The Bertz CT molecular complexity index is 582. The van der Waals surface area contributed by atoms with Crippen molar-refractivity contribution in [1.82, 2.24) is 0 Å². The monoisotopic (exact) mass is 355 g/mol. The molecule has 0 bridgehead atoms. The second-order valence-electron chi connectivity index (χ2n) is 4.20. The lowest BCUT2D eigenvalue weighted by atomic mass is 10.2. The molecule has 0 aliphatic heterocycles. The van der Waals surface area contributed by atoms with Crippen LogP contribution in [0.25, 0.3) is 0 Å². The number of anilines is 1. The summed E-state index contributed by atoms with van der Waals surface area (Å²) in [7, 11) is 3.28. The molecule has 3 nitrogen and oxygen atoms in total. The number of methoxy groups -OCH3 is 2. The molecule has 0 fully saturated rings. The zero-order valence-electron chi connectivity index (χ0n) is 11.2. The third kappa shape index (κ3) is 3.81. The first-order chi connectivity index (χ1) is 9.62. The van der Waals surface area contributed by atoms with Gasteiger partial charge in [0.2, 0.25) is 0 Å². The summed E-state index contributed by atoms with van der Waals surface area (Å²) in [6.45, 7) is 0.661. The smallest absolute Gasteiger partial charge is 0.122 e. The molecule has 2 rings (SSSR count). The Morgan fingerprint density at radius 3 is 2.25 bits per heavy atom. The van der Waals surface area contributed by atoms with E-state index in [2.05, 4.69) is 21.2 Å². The first kappa shape index (κ1) is 15.0. The number of ether oxygens (including phenoxy) is 2. The number of hydrogen-bond donors (Lipinski definition) is 1. The van der Waals surface area contributed by atoms with Crippen LogP contribution >= 0.6 is 27.5 Å². The predicted molar refractivity (Wildman–Crippen MR) is 86.0 cm³/mol. The van der Waals surface area contributed by atoms with Crippen LogP contribution in [-0.2, 0) is 6.54 Å². The minimum Gasteiger partial charge on any atom is -0.497 e. The fraction of sp³-hybridized carbons (Fsp3) is 0.200. The van der Waals surface area contributed by atoms with Crippen molar-refractivity contribution >= 4 is 33.2 Å². The van der Waals surface area contributed by atoms with Gasteiger partial charge in [0.15, 0.2) is 0 Å². The molecule has 20 heavy (non-hydrogen) atoms. The molecule has 0 radical (unpaired) electrons. The van der Waals surface area contributed by atoms with Gasteiger partial charge in [-0.3, -0.25) is 0 Å². The Labute approximate surface area is 132 Å². The first-order valence-corrected chi connectivity index (χ1v) is 7.20. The van der Waals surface area contributed by atoms with Gasteiger partial charge in [0.05, 0.1) is 14.2 Å². The van der Waals surface area contributed by atoms with Gasteiger partial charge in [0.25, 0.3) is 0 Å². The Morgan fingerprint density at radius 1 is 1.05 bits per heavy atom. The van der Waals surface area contributed by atoms with E-state index in [0.29, 0.717) is 11.6 Å². The van der Waals surface area contributed by atoms with E-state index in [1.165, 1.54) is 0 Å². The molecule has 0 saturated carbocycles. The standard InChI is InChI=1S/C15H15BrClNO2/c1-19-12-5-10(6-13(8-12)20-2)9-18-15-4-3-11(17)7-14(15)16/h3-8,18H,9H2,1-2H3. The van der Waals surface area contributed by atoms with Crippen LogP contribution in [0, 0.1) is 0 Å². The van der Waals surface area contributed by atoms with Gasteiger partial charge in [-0.2, -0.15) is 0 Å². The third-order valence-electron chi connectivity index (χ3n) is 2.83. The first-order valence-electron chi connectivity index (χ1n) is 6.03. The van der Waals surface area contributed by atoms with Gasteiger partial charge in [-0.25, -0.2) is 0 Å². The second kappa shape index (κ2) is 6.86. The highest BCUT2D eigenvalue weighted by atomic mass is 79.9. The number of halogens is 2. The van der Waals surface area contributed by atoms with Gasteiger partial charge in [-0.1, -0.05) is 11.6 Å². The Hall–Kier alpha value is -1.39. The Morgan fingerprint density at radius 2 is 1.70 bits per heavy atom. The highest BCUT2D eigenvalue weighted by molar-refractivity contribution is 9.10. The minimum absolute atomic E-state index is 0.661. The van der Waals surface area contributed by atoms with Gasteiger partial charge in [-0.05, 0) is 51.8 Å². The van der Waals surface area contributed by atoms with Crippen LogP contribution in [0.4, 0.5) is 5.69 Å². The summed E-state index contributed by atoms with van der Waals surface area (Å²) >= 11 is 9.40. The largest absolute Gasteiger partial charge is 0.497 e. The summed E-state index contributed by atoms with van der Waals surface area (Å²) in [5.74, 6) is 1.55. The number of hydrogen-bond acceptors (Lipinski definition) is 3. The summed E-state index contributed by atoms with van der Waals surface area (Å²) in [4.78, 5) is 0. The van der Waals surface area contributed by atoms with Gasteiger partial charge in [0, 0.05) is 27.8 Å². The van der Waals surface area contributed by atoms with Crippen LogP contribution in [-0.4, -0.2) is 14.2 Å². The van der Waals surface area contributed by atoms with Crippen LogP contribution < -0.4 is 14.8 Å². The molecule has 0 aromatic heterocycles. The number of benzene rings is 2. The Balaban J connectivity index is 2.13. The van der Waals surface area contributed by atoms with Crippen LogP contribution in [0.1, 0.15) is 5.56 Å². The Kier molecular flexibility index (Phi) is 5.15. The van der Waals surface area contributed by atoms with Gasteiger partial charge in [0.1, 0.15) is 11.5 Å². The van der Waals surface area contributed by atoms with Crippen molar-refractivity contribution in [3.8, 4) is 11.5 Å². The van der Waals surface area contributed by atoms with Crippen molar-refractivity contribution < 1.29 is 9.47 Å². The van der Waals surface area contributed by atoms with Crippen LogP contribution in [0.2, 0.25) is 5.02 Å². The topological polar surface area (TPSA) is 30.5 Å². The summed E-state index contributed by atoms with van der Waals surface area (Å²) in [6.07, 6.45) is 0. The second-order valence-corrected chi connectivity index (χ2v) is 5.49. The fourth-order valence-corrected chi connectivity index (χ4v) is 2.62. The molecule has 106 valence electrons. The normalized spacial score (nSPS) is 10.2. The van der Waals surface area contributed by atoms with E-state index in [1.807, 2.05) is 36.4 Å². The SMILES string of the molecule is COc1cc(CNc2ccc(Cl)cc2Br)cc(OC)c1. The lowest BCUT2D eigenvalue weighted by molar-refractivity contribution is 0.393. The maximum atomic E-state index is 5.92. The summed E-state index contributed by atoms with van der Waals surface area (Å²) < 4.78 is 11.4. The van der Waals surface area contributed by atoms with E-state index in [-0.39, 0.29) is 0 Å². The average molecular weight is 357 g/mol. The fourth-order valence-electron chi connectivity index (χ4n) is 1.80. The van der Waals surface area contributed by atoms with Crippen molar-refractivity contribution in [2.24, 2.45) is 0 Å². The molecule has 0 amide bonds. The highest BCUT2D eigenvalue weighted by Gasteiger charge is 2.04. The lowest BCUT2D eigenvalue weighted by Crippen LogP contribution is -2.01. The van der Waals surface area contributed by atoms with E-state index in [1.54, 1.807) is 14.2 Å². The van der Waals surface area contributed by atoms with E-state index in [0.717, 1.165) is 27.2 Å². The van der Waals surface area contributed by atoms with Crippen LogP contribution in [0.5, 0.6) is 11.5 Å². The minimum atomic E-state index is 0.661. The zero-order chi connectivity index (χ0) is 14.5. The van der Waals surface area contributed by atoms with Crippen molar-refractivity contribution in [2.75, 3.05) is 19.5 Å². The van der Waals surface area contributed by atoms with Crippen LogP contribution in [0.3, 0.4) is 0 Å². The number of nitrogens with one attached hydrogen (secondary N) is 1.